The topological polar surface area (TPSA) is 38.7 Å². The molecule has 0 saturated carbocycles. The second kappa shape index (κ2) is 7.25. The van der Waals surface area contributed by atoms with Crippen LogP contribution in [0.4, 0.5) is 0 Å². The molecule has 0 aliphatic heterocycles. The van der Waals surface area contributed by atoms with Gasteiger partial charge in [0.1, 0.15) is 17.5 Å². The van der Waals surface area contributed by atoms with Crippen LogP contribution in [0.15, 0.2) is 66.7 Å². The second-order valence-electron chi connectivity index (χ2n) is 7.44. The molecule has 3 nitrogen and oxygen atoms in total. The van der Waals surface area contributed by atoms with Crippen LogP contribution in [-0.2, 0) is 19.3 Å². The highest BCUT2D eigenvalue weighted by Gasteiger charge is 2.10. The number of aryl methyl sites for hydroxylation is 2. The average molecular weight is 377 g/mol. The predicted molar refractivity (Wildman–Crippen MR) is 120 cm³/mol. The minimum absolute atomic E-state index is 0.722. The number of hydrogen-bond donors (Lipinski definition) is 0. The Bertz CT molecular complexity index is 1300. The van der Waals surface area contributed by atoms with E-state index < -0.39 is 0 Å². The highest BCUT2D eigenvalue weighted by molar-refractivity contribution is 6.25. The van der Waals surface area contributed by atoms with Crippen LogP contribution in [0.3, 0.4) is 0 Å². The fraction of sp³-hybridized carbons (Fsp3) is 0.192. The van der Waals surface area contributed by atoms with Gasteiger partial charge in [-0.15, -0.1) is 0 Å². The molecule has 0 atom stereocenters. The zero-order valence-electron chi connectivity index (χ0n) is 16.8. The van der Waals surface area contributed by atoms with Crippen molar-refractivity contribution >= 4 is 32.3 Å². The van der Waals surface area contributed by atoms with Gasteiger partial charge in [-0.25, -0.2) is 15.0 Å². The molecule has 0 amide bonds. The summed E-state index contributed by atoms with van der Waals surface area (Å²) in [4.78, 5) is 13.8. The third-order valence-corrected chi connectivity index (χ3v) is 5.58. The normalized spacial score (nSPS) is 11.5. The van der Waals surface area contributed by atoms with Crippen LogP contribution < -0.4 is 0 Å². The van der Waals surface area contributed by atoms with E-state index in [4.69, 9.17) is 0 Å². The third kappa shape index (κ3) is 3.13. The smallest absolute Gasteiger partial charge is 0.136 e. The lowest BCUT2D eigenvalue weighted by Crippen LogP contribution is -2.07. The van der Waals surface area contributed by atoms with Gasteiger partial charge in [-0.3, -0.25) is 0 Å². The number of hydrogen-bond acceptors (Lipinski definition) is 3. The molecule has 4 aromatic carbocycles. The minimum atomic E-state index is 0.722. The highest BCUT2D eigenvalue weighted by atomic mass is 15.0. The average Bonchev–Trinajstić information content (AvgIpc) is 2.79. The SMILES string of the molecule is CCc1nc(CC)nc(Cc2ccc3c4ccccc4c4ccccc4c3c2)n1. The summed E-state index contributed by atoms with van der Waals surface area (Å²) in [6.45, 7) is 4.18. The summed E-state index contributed by atoms with van der Waals surface area (Å²) in [5, 5.41) is 7.78. The van der Waals surface area contributed by atoms with Gasteiger partial charge in [-0.05, 0) is 37.9 Å². The Hall–Kier alpha value is -3.33. The molecule has 5 aromatic rings. The summed E-state index contributed by atoms with van der Waals surface area (Å²) < 4.78 is 0. The van der Waals surface area contributed by atoms with E-state index in [2.05, 4.69) is 95.5 Å². The Morgan fingerprint density at radius 2 is 0.966 bits per heavy atom. The van der Waals surface area contributed by atoms with Gasteiger partial charge in [0.05, 0.1) is 0 Å². The molecule has 0 bridgehead atoms. The van der Waals surface area contributed by atoms with Gasteiger partial charge in [-0.2, -0.15) is 0 Å². The maximum Gasteiger partial charge on any atom is 0.136 e. The van der Waals surface area contributed by atoms with Gasteiger partial charge in [0.15, 0.2) is 0 Å². The first kappa shape index (κ1) is 17.7. The molecule has 0 radical (unpaired) electrons. The molecule has 0 spiro atoms. The van der Waals surface area contributed by atoms with Gasteiger partial charge < -0.3 is 0 Å². The van der Waals surface area contributed by atoms with Gasteiger partial charge in [-0.1, -0.05) is 80.6 Å². The molecule has 0 N–H and O–H groups in total. The number of fused-ring (bicyclic) bond motifs is 6. The van der Waals surface area contributed by atoms with Crippen molar-refractivity contribution in [1.29, 1.82) is 0 Å². The Labute approximate surface area is 170 Å². The fourth-order valence-electron chi connectivity index (χ4n) is 4.16. The third-order valence-electron chi connectivity index (χ3n) is 5.58. The Morgan fingerprint density at radius 1 is 0.517 bits per heavy atom. The molecule has 0 aliphatic rings. The Kier molecular flexibility index (Phi) is 4.44. The molecular weight excluding hydrogens is 354 g/mol. The summed E-state index contributed by atoms with van der Waals surface area (Å²) in [5.74, 6) is 2.62. The predicted octanol–water partition coefficient (Wildman–Crippen LogP) is 6.05. The molecule has 142 valence electrons. The van der Waals surface area contributed by atoms with Crippen molar-refractivity contribution in [2.24, 2.45) is 0 Å². The van der Waals surface area contributed by atoms with Gasteiger partial charge in [0.25, 0.3) is 0 Å². The van der Waals surface area contributed by atoms with Crippen molar-refractivity contribution in [2.45, 2.75) is 33.1 Å². The van der Waals surface area contributed by atoms with Crippen molar-refractivity contribution in [3.05, 3.63) is 89.8 Å². The van der Waals surface area contributed by atoms with Crippen LogP contribution >= 0.6 is 0 Å². The van der Waals surface area contributed by atoms with Crippen molar-refractivity contribution in [3.8, 4) is 0 Å². The molecular formula is C26H23N3. The summed E-state index contributed by atoms with van der Waals surface area (Å²) >= 11 is 0. The van der Waals surface area contributed by atoms with E-state index in [-0.39, 0.29) is 0 Å². The first-order chi connectivity index (χ1) is 14.3. The number of nitrogens with zero attached hydrogens (tertiary/aromatic N) is 3. The van der Waals surface area contributed by atoms with E-state index in [1.54, 1.807) is 0 Å². The summed E-state index contributed by atoms with van der Waals surface area (Å²) in [6, 6.07) is 24.1. The number of benzene rings is 4. The van der Waals surface area contributed by atoms with Crippen molar-refractivity contribution < 1.29 is 0 Å². The van der Waals surface area contributed by atoms with E-state index in [1.165, 1.54) is 37.9 Å². The second-order valence-corrected chi connectivity index (χ2v) is 7.44. The monoisotopic (exact) mass is 377 g/mol. The largest absolute Gasteiger partial charge is 0.218 e. The van der Waals surface area contributed by atoms with Crippen molar-refractivity contribution in [1.82, 2.24) is 15.0 Å². The van der Waals surface area contributed by atoms with Crippen LogP contribution in [0.2, 0.25) is 0 Å². The highest BCUT2D eigenvalue weighted by Crippen LogP contribution is 2.35. The van der Waals surface area contributed by atoms with E-state index in [1.807, 2.05) is 0 Å². The van der Waals surface area contributed by atoms with Crippen LogP contribution in [0, 0.1) is 0 Å². The molecule has 0 aliphatic carbocycles. The van der Waals surface area contributed by atoms with E-state index >= 15 is 0 Å². The Morgan fingerprint density at radius 3 is 1.48 bits per heavy atom. The molecule has 0 fully saturated rings. The first-order valence-corrected chi connectivity index (χ1v) is 10.3. The van der Waals surface area contributed by atoms with Gasteiger partial charge in [0.2, 0.25) is 0 Å². The molecule has 0 saturated heterocycles. The van der Waals surface area contributed by atoms with Crippen molar-refractivity contribution in [2.75, 3.05) is 0 Å². The molecule has 1 aromatic heterocycles. The molecule has 1 heterocycles. The summed E-state index contributed by atoms with van der Waals surface area (Å²) in [7, 11) is 0. The molecule has 3 heteroatoms. The quantitative estimate of drug-likeness (QED) is 0.358. The van der Waals surface area contributed by atoms with E-state index in [0.717, 1.165) is 36.7 Å². The van der Waals surface area contributed by atoms with Crippen LogP contribution in [0.1, 0.15) is 36.9 Å². The summed E-state index contributed by atoms with van der Waals surface area (Å²) in [5.41, 5.74) is 1.23. The zero-order valence-corrected chi connectivity index (χ0v) is 16.8. The summed E-state index contributed by atoms with van der Waals surface area (Å²) in [6.07, 6.45) is 2.38. The van der Waals surface area contributed by atoms with Gasteiger partial charge >= 0.3 is 0 Å². The fourth-order valence-corrected chi connectivity index (χ4v) is 4.16. The lowest BCUT2D eigenvalue weighted by atomic mass is 9.93. The maximum absolute atomic E-state index is 4.67. The zero-order chi connectivity index (χ0) is 19.8. The maximum atomic E-state index is 4.67. The van der Waals surface area contributed by atoms with Crippen molar-refractivity contribution in [3.63, 3.8) is 0 Å². The van der Waals surface area contributed by atoms with E-state index in [9.17, 15) is 0 Å². The number of rotatable bonds is 4. The molecule has 5 rings (SSSR count). The van der Waals surface area contributed by atoms with Crippen LogP contribution in [0.5, 0.6) is 0 Å². The molecule has 29 heavy (non-hydrogen) atoms. The van der Waals surface area contributed by atoms with Gasteiger partial charge in [0, 0.05) is 19.3 Å². The van der Waals surface area contributed by atoms with E-state index in [0.29, 0.717) is 0 Å². The van der Waals surface area contributed by atoms with Crippen LogP contribution in [0.25, 0.3) is 32.3 Å². The van der Waals surface area contributed by atoms with Crippen LogP contribution in [-0.4, -0.2) is 15.0 Å². The standard InChI is InChI=1S/C26H23N3/c1-3-24-27-25(4-2)29-26(28-24)16-17-13-14-22-20-11-6-5-9-18(20)19-10-7-8-12-21(19)23(22)15-17/h5-15H,3-4,16H2,1-2H3. The lowest BCUT2D eigenvalue weighted by molar-refractivity contribution is 0.779. The minimum Gasteiger partial charge on any atom is -0.218 e. The number of aromatic nitrogens is 3. The molecule has 0 unspecified atom stereocenters. The lowest BCUT2D eigenvalue weighted by Gasteiger charge is -2.12. The first-order valence-electron chi connectivity index (χ1n) is 10.3. The Balaban J connectivity index is 1.70.